The second-order valence-electron chi connectivity index (χ2n) is 7.56. The van der Waals surface area contributed by atoms with E-state index in [9.17, 15) is 23.1 Å². The van der Waals surface area contributed by atoms with Crippen LogP contribution in [0.3, 0.4) is 0 Å². The van der Waals surface area contributed by atoms with Crippen LogP contribution in [-0.4, -0.2) is 25.4 Å². The lowest BCUT2D eigenvalue weighted by Gasteiger charge is -2.15. The number of alkyl halides is 3. The highest BCUT2D eigenvalue weighted by atomic mass is 19.4. The van der Waals surface area contributed by atoms with Crippen LogP contribution in [0, 0.1) is 25.4 Å². The van der Waals surface area contributed by atoms with Crippen LogP contribution >= 0.6 is 0 Å². The third-order valence-electron chi connectivity index (χ3n) is 5.24. The van der Waals surface area contributed by atoms with E-state index in [2.05, 4.69) is 9.97 Å². The molecule has 4 aromatic rings. The zero-order chi connectivity index (χ0) is 28.2. The lowest BCUT2D eigenvalue weighted by molar-refractivity contribution is -0.138. The molecule has 0 bridgehead atoms. The molecule has 35 heavy (non-hydrogen) atoms. The number of nitrogens with zero attached hydrogens (tertiary/aromatic N) is 3. The number of nitrogens with one attached hydrogen (secondary N) is 1. The van der Waals surface area contributed by atoms with E-state index in [0.717, 1.165) is 34.7 Å². The van der Waals surface area contributed by atoms with E-state index in [1.54, 1.807) is 0 Å². The summed E-state index contributed by atoms with van der Waals surface area (Å²) in [5.41, 5.74) is 3.06. The largest absolute Gasteiger partial charge is 0.416 e. The van der Waals surface area contributed by atoms with Gasteiger partial charge in [0.15, 0.2) is 17.7 Å². The maximum absolute atomic E-state index is 15.2. The molecule has 12 heteroatoms. The number of aromatic nitrogens is 3. The summed E-state index contributed by atoms with van der Waals surface area (Å²) in [5.74, 6) is -5.11. The summed E-state index contributed by atoms with van der Waals surface area (Å²) in [7, 11) is 0. The van der Waals surface area contributed by atoms with Crippen LogP contribution in [0.5, 0.6) is 0 Å². The summed E-state index contributed by atoms with van der Waals surface area (Å²) in [6.07, 6.45) is -5.58. The highest BCUT2D eigenvalue weighted by Gasteiger charge is 2.32. The molecule has 0 aliphatic rings. The number of benzene rings is 2. The van der Waals surface area contributed by atoms with Gasteiger partial charge in [-0.3, -0.25) is 9.20 Å². The number of carbonyl (C=O) groups is 1. The number of aliphatic hydroxyl groups is 1. The van der Waals surface area contributed by atoms with Gasteiger partial charge < -0.3 is 16.2 Å². The number of imidazole rings is 1. The molecule has 0 unspecified atom stereocenters. The van der Waals surface area contributed by atoms with Crippen LogP contribution in [0.2, 0.25) is 0 Å². The molecule has 0 spiro atoms. The van der Waals surface area contributed by atoms with Gasteiger partial charge in [0.25, 0.3) is 5.91 Å². The number of aliphatic hydroxyl groups excluding tert-OH is 1. The first-order chi connectivity index (χ1) is 17.6. The number of carbonyl (C=O) groups excluding carboxylic acids is 1. The third-order valence-corrected chi connectivity index (χ3v) is 5.24. The molecule has 0 saturated carbocycles. The Hall–Kier alpha value is -4.06. The van der Waals surface area contributed by atoms with E-state index in [4.69, 9.17) is 9.85 Å². The first kappa shape index (κ1) is 20.3. The van der Waals surface area contributed by atoms with Crippen molar-refractivity contribution < 1.29 is 36.0 Å². The average molecular weight is 494 g/mol. The lowest BCUT2D eigenvalue weighted by atomic mass is 10.0. The number of hydrogen-bond acceptors (Lipinski definition) is 5. The summed E-state index contributed by atoms with van der Waals surface area (Å²) >= 11 is 0. The summed E-state index contributed by atoms with van der Waals surface area (Å²) in [6.45, 7) is -1.23. The standard InChI is InChI=1S/C23H18F5N5O2/c1-10-9-30-21(29)19-18(31-11(2)33(10)19)14-6-7-15(17(25)16(14)24)32-22(35)20(34)12-4-3-5-13(8-12)23(26,27)28/h3-9,20,34H,1-2H3,(H2,29,30)(H,32,35)/t20-/m0/s1/i2D3. The van der Waals surface area contributed by atoms with Crippen molar-refractivity contribution in [2.24, 2.45) is 0 Å². The van der Waals surface area contributed by atoms with Crippen molar-refractivity contribution in [1.29, 1.82) is 0 Å². The summed E-state index contributed by atoms with van der Waals surface area (Å²) in [6, 6.07) is 5.25. The first-order valence-corrected chi connectivity index (χ1v) is 9.89. The number of anilines is 2. The fourth-order valence-corrected chi connectivity index (χ4v) is 3.54. The SMILES string of the molecule is [2H]C([2H])([2H])c1nc(-c2ccc(NC(=O)[C@@H](O)c3cccc(C(F)(F)F)c3)c(F)c2F)c2c(N)ncc(C)n12. The van der Waals surface area contributed by atoms with E-state index in [0.29, 0.717) is 11.8 Å². The van der Waals surface area contributed by atoms with Gasteiger partial charge in [-0.15, -0.1) is 0 Å². The smallest absolute Gasteiger partial charge is 0.382 e. The Kier molecular flexibility index (Phi) is 5.00. The molecular weight excluding hydrogens is 473 g/mol. The number of nitrogens with two attached hydrogens (primary N) is 1. The minimum absolute atomic E-state index is 0.0776. The predicted octanol–water partition coefficient (Wildman–Crippen LogP) is 4.56. The van der Waals surface area contributed by atoms with Crippen LogP contribution < -0.4 is 11.1 Å². The lowest BCUT2D eigenvalue weighted by Crippen LogP contribution is -2.22. The van der Waals surface area contributed by atoms with Gasteiger partial charge in [-0.1, -0.05) is 12.1 Å². The van der Waals surface area contributed by atoms with Crippen molar-refractivity contribution in [2.45, 2.75) is 26.1 Å². The Morgan fingerprint density at radius 3 is 2.66 bits per heavy atom. The molecule has 1 atom stereocenters. The Balaban J connectivity index is 1.72. The number of fused-ring (bicyclic) bond motifs is 1. The molecule has 7 nitrogen and oxygen atoms in total. The number of amides is 1. The molecule has 182 valence electrons. The predicted molar refractivity (Wildman–Crippen MR) is 117 cm³/mol. The fourth-order valence-electron chi connectivity index (χ4n) is 3.54. The highest BCUT2D eigenvalue weighted by Crippen LogP contribution is 2.34. The number of nitrogen functional groups attached to an aromatic ring is 1. The molecule has 2 aromatic heterocycles. The average Bonchev–Trinajstić information content (AvgIpc) is 3.26. The molecule has 0 aliphatic heterocycles. The monoisotopic (exact) mass is 494 g/mol. The van der Waals surface area contributed by atoms with Crippen LogP contribution in [0.4, 0.5) is 33.5 Å². The topological polar surface area (TPSA) is 106 Å². The second kappa shape index (κ2) is 8.62. The Bertz CT molecular complexity index is 1570. The van der Waals surface area contributed by atoms with Crippen molar-refractivity contribution in [3.63, 3.8) is 0 Å². The van der Waals surface area contributed by atoms with Crippen molar-refractivity contribution in [3.8, 4) is 11.3 Å². The summed E-state index contributed by atoms with van der Waals surface area (Å²) in [4.78, 5) is 20.4. The molecule has 0 aliphatic carbocycles. The van der Waals surface area contributed by atoms with Gasteiger partial charge in [-0.05, 0) is 43.6 Å². The summed E-state index contributed by atoms with van der Waals surface area (Å²) in [5, 5.41) is 12.1. The number of halogens is 5. The molecule has 4 rings (SSSR count). The Labute approximate surface area is 199 Å². The minimum Gasteiger partial charge on any atom is -0.382 e. The Morgan fingerprint density at radius 2 is 1.97 bits per heavy atom. The van der Waals surface area contributed by atoms with Gasteiger partial charge in [0.05, 0.1) is 11.3 Å². The van der Waals surface area contributed by atoms with Gasteiger partial charge in [-0.2, -0.15) is 13.2 Å². The van der Waals surface area contributed by atoms with Gasteiger partial charge in [0.2, 0.25) is 0 Å². The number of rotatable bonds is 4. The highest BCUT2D eigenvalue weighted by molar-refractivity contribution is 5.95. The molecule has 0 saturated heterocycles. The first-order valence-electron chi connectivity index (χ1n) is 11.4. The van der Waals surface area contributed by atoms with E-state index in [-0.39, 0.29) is 17.0 Å². The van der Waals surface area contributed by atoms with Gasteiger partial charge >= 0.3 is 6.18 Å². The molecule has 4 N–H and O–H groups in total. The normalized spacial score (nSPS) is 14.3. The van der Waals surface area contributed by atoms with Crippen molar-refractivity contribution in [2.75, 3.05) is 11.1 Å². The van der Waals surface area contributed by atoms with E-state index >= 15 is 8.78 Å². The maximum Gasteiger partial charge on any atom is 0.416 e. The van der Waals surface area contributed by atoms with E-state index in [1.807, 2.05) is 5.32 Å². The quantitative estimate of drug-likeness (QED) is 0.361. The maximum atomic E-state index is 15.2. The zero-order valence-corrected chi connectivity index (χ0v) is 17.8. The van der Waals surface area contributed by atoms with Gasteiger partial charge in [0, 0.05) is 21.6 Å². The van der Waals surface area contributed by atoms with E-state index < -0.39 is 64.9 Å². The van der Waals surface area contributed by atoms with Crippen molar-refractivity contribution in [3.05, 3.63) is 76.9 Å². The summed E-state index contributed by atoms with van der Waals surface area (Å²) < 4.78 is 93.4. The zero-order valence-electron chi connectivity index (χ0n) is 20.8. The van der Waals surface area contributed by atoms with Crippen molar-refractivity contribution >= 4 is 22.9 Å². The van der Waals surface area contributed by atoms with Gasteiger partial charge in [0.1, 0.15) is 22.9 Å². The molecule has 0 fully saturated rings. The van der Waals surface area contributed by atoms with Gasteiger partial charge in [-0.25, -0.2) is 18.7 Å². The van der Waals surface area contributed by atoms with Crippen LogP contribution in [0.1, 0.15) is 32.9 Å². The van der Waals surface area contributed by atoms with Crippen LogP contribution in [-0.2, 0) is 11.0 Å². The second-order valence-corrected chi connectivity index (χ2v) is 7.56. The van der Waals surface area contributed by atoms with Crippen LogP contribution in [0.25, 0.3) is 16.8 Å². The number of hydrogen-bond donors (Lipinski definition) is 3. The number of aryl methyl sites for hydroxylation is 2. The van der Waals surface area contributed by atoms with Crippen molar-refractivity contribution in [1.82, 2.24) is 14.4 Å². The third kappa shape index (κ3) is 4.28. The molecule has 2 aromatic carbocycles. The molecular formula is C23H18F5N5O2. The fraction of sp³-hybridized carbons (Fsp3) is 0.174. The molecule has 2 heterocycles. The minimum atomic E-state index is -4.73. The Morgan fingerprint density at radius 1 is 1.23 bits per heavy atom. The van der Waals surface area contributed by atoms with Crippen LogP contribution in [0.15, 0.2) is 42.6 Å². The molecule has 0 radical (unpaired) electrons. The van der Waals surface area contributed by atoms with E-state index in [1.165, 1.54) is 13.1 Å². The molecule has 1 amide bonds.